The number of halogens is 4. The van der Waals surface area contributed by atoms with Crippen molar-refractivity contribution in [2.45, 2.75) is 33.5 Å². The highest BCUT2D eigenvalue weighted by Gasteiger charge is 2.33. The fraction of sp³-hybridized carbons (Fsp3) is 0.316. The maximum absolute atomic E-state index is 12.9. The molecule has 9 heteroatoms. The summed E-state index contributed by atoms with van der Waals surface area (Å²) in [5.41, 5.74) is 0.0395. The fourth-order valence-corrected chi connectivity index (χ4v) is 2.54. The van der Waals surface area contributed by atoms with Crippen LogP contribution in [0.25, 0.3) is 0 Å². The number of amides is 2. The molecule has 0 aliphatic heterocycles. The minimum absolute atomic E-state index is 0.117. The van der Waals surface area contributed by atoms with E-state index in [9.17, 15) is 22.8 Å². The molecule has 1 heterocycles. The number of nitrogens with one attached hydrogen (secondary N) is 2. The summed E-state index contributed by atoms with van der Waals surface area (Å²) in [4.78, 5) is 28.3. The smallest absolute Gasteiger partial charge is 0.348 e. The topological polar surface area (TPSA) is 71.1 Å². The Hall–Kier alpha value is -2.61. The Kier molecular flexibility index (Phi) is 6.66. The summed E-state index contributed by atoms with van der Waals surface area (Å²) in [6.45, 7) is 4.99. The summed E-state index contributed by atoms with van der Waals surface area (Å²) in [6.07, 6.45) is -4.58. The molecule has 0 bridgehead atoms. The lowest BCUT2D eigenvalue weighted by Crippen LogP contribution is -2.24. The third-order valence-corrected chi connectivity index (χ3v) is 4.11. The highest BCUT2D eigenvalue weighted by Crippen LogP contribution is 2.35. The van der Waals surface area contributed by atoms with Gasteiger partial charge < -0.3 is 10.6 Å². The number of rotatable bonds is 5. The number of pyridine rings is 1. The lowest BCUT2D eigenvalue weighted by molar-refractivity contribution is -0.137. The van der Waals surface area contributed by atoms with Crippen LogP contribution in [0.3, 0.4) is 0 Å². The van der Waals surface area contributed by atoms with Crippen molar-refractivity contribution in [1.82, 2.24) is 10.3 Å². The van der Waals surface area contributed by atoms with Gasteiger partial charge in [-0.3, -0.25) is 9.59 Å². The predicted molar refractivity (Wildman–Crippen MR) is 100 cm³/mol. The summed E-state index contributed by atoms with van der Waals surface area (Å²) < 4.78 is 38.8. The number of nitrogens with zero attached hydrogens (tertiary/aromatic N) is 1. The van der Waals surface area contributed by atoms with Gasteiger partial charge in [-0.25, -0.2) is 4.98 Å². The van der Waals surface area contributed by atoms with Gasteiger partial charge in [-0.15, -0.1) is 0 Å². The molecule has 2 aromatic rings. The van der Waals surface area contributed by atoms with Gasteiger partial charge in [0, 0.05) is 23.7 Å². The quantitative estimate of drug-likeness (QED) is 0.753. The average molecular weight is 414 g/mol. The molecular weight excluding hydrogens is 395 g/mol. The maximum Gasteiger partial charge on any atom is 0.417 e. The van der Waals surface area contributed by atoms with Crippen molar-refractivity contribution in [3.63, 3.8) is 0 Å². The van der Waals surface area contributed by atoms with Crippen molar-refractivity contribution in [3.8, 4) is 0 Å². The predicted octanol–water partition coefficient (Wildman–Crippen LogP) is 4.59. The van der Waals surface area contributed by atoms with Gasteiger partial charge in [0.25, 0.3) is 5.91 Å². The van der Waals surface area contributed by atoms with Gasteiger partial charge in [-0.1, -0.05) is 31.5 Å². The van der Waals surface area contributed by atoms with Crippen LogP contribution in [0.4, 0.5) is 19.0 Å². The molecule has 0 saturated carbocycles. The van der Waals surface area contributed by atoms with E-state index < -0.39 is 22.7 Å². The third kappa shape index (κ3) is 5.69. The van der Waals surface area contributed by atoms with Gasteiger partial charge in [0.1, 0.15) is 5.82 Å². The zero-order chi connectivity index (χ0) is 21.1. The third-order valence-electron chi connectivity index (χ3n) is 3.78. The lowest BCUT2D eigenvalue weighted by atomic mass is 10.1. The number of carbonyl (C=O) groups excluding carboxylic acids is 2. The standard InChI is InChI=1S/C19H19ClF3N3O2/c1-10(2)17(27)26-16-8-13(6-11(3)25-16)18(28)24-9-12-4-5-15(20)14(7-12)19(21,22)23/h4-8,10H,9H2,1-3H3,(H,24,28)(H,25,26,27). The first-order valence-electron chi connectivity index (χ1n) is 8.40. The van der Waals surface area contributed by atoms with Crippen molar-refractivity contribution in [3.05, 3.63) is 57.7 Å². The Morgan fingerprint density at radius 1 is 1.18 bits per heavy atom. The molecule has 0 fully saturated rings. The van der Waals surface area contributed by atoms with E-state index in [1.807, 2.05) is 0 Å². The van der Waals surface area contributed by atoms with Crippen molar-refractivity contribution >= 4 is 29.2 Å². The average Bonchev–Trinajstić information content (AvgIpc) is 2.59. The van der Waals surface area contributed by atoms with Gasteiger partial charge in [0.2, 0.25) is 5.91 Å². The van der Waals surface area contributed by atoms with E-state index in [2.05, 4.69) is 15.6 Å². The highest BCUT2D eigenvalue weighted by atomic mass is 35.5. The molecule has 28 heavy (non-hydrogen) atoms. The van der Waals surface area contributed by atoms with Crippen molar-refractivity contribution < 1.29 is 22.8 Å². The minimum atomic E-state index is -4.58. The summed E-state index contributed by atoms with van der Waals surface area (Å²) in [7, 11) is 0. The second-order valence-corrected chi connectivity index (χ2v) is 6.93. The van der Waals surface area contributed by atoms with Gasteiger partial charge in [-0.05, 0) is 36.8 Å². The number of benzene rings is 1. The van der Waals surface area contributed by atoms with E-state index >= 15 is 0 Å². The summed E-state index contributed by atoms with van der Waals surface area (Å²) in [6, 6.07) is 6.37. The van der Waals surface area contributed by atoms with Crippen LogP contribution in [0, 0.1) is 12.8 Å². The number of hydrogen-bond acceptors (Lipinski definition) is 3. The fourth-order valence-electron chi connectivity index (χ4n) is 2.32. The number of aryl methyl sites for hydroxylation is 1. The Labute approximate surface area is 165 Å². The van der Waals surface area contributed by atoms with Crippen LogP contribution in [0.1, 0.15) is 41.0 Å². The second kappa shape index (κ2) is 8.60. The van der Waals surface area contributed by atoms with Crippen molar-refractivity contribution in [2.24, 2.45) is 5.92 Å². The summed E-state index contributed by atoms with van der Waals surface area (Å²) in [5, 5.41) is 4.76. The Balaban J connectivity index is 2.13. The maximum atomic E-state index is 12.9. The van der Waals surface area contributed by atoms with Crippen molar-refractivity contribution in [1.29, 1.82) is 0 Å². The Bertz CT molecular complexity index is 898. The van der Waals surface area contributed by atoms with Crippen LogP contribution in [0.2, 0.25) is 5.02 Å². The van der Waals surface area contributed by atoms with Gasteiger partial charge >= 0.3 is 6.18 Å². The molecule has 0 atom stereocenters. The van der Waals surface area contributed by atoms with Crippen LogP contribution >= 0.6 is 11.6 Å². The molecule has 2 N–H and O–H groups in total. The second-order valence-electron chi connectivity index (χ2n) is 6.52. The molecule has 0 radical (unpaired) electrons. The molecule has 0 aliphatic rings. The SMILES string of the molecule is Cc1cc(C(=O)NCc2ccc(Cl)c(C(F)(F)F)c2)cc(NC(=O)C(C)C)n1. The number of hydrogen-bond donors (Lipinski definition) is 2. The first kappa shape index (κ1) is 21.7. The van der Waals surface area contributed by atoms with E-state index in [1.165, 1.54) is 18.2 Å². The molecule has 2 amide bonds. The first-order chi connectivity index (χ1) is 13.0. The number of anilines is 1. The molecule has 2 rings (SSSR count). The number of carbonyl (C=O) groups is 2. The van der Waals surface area contributed by atoms with E-state index in [1.54, 1.807) is 20.8 Å². The van der Waals surface area contributed by atoms with E-state index in [0.717, 1.165) is 12.1 Å². The summed E-state index contributed by atoms with van der Waals surface area (Å²) >= 11 is 5.59. The largest absolute Gasteiger partial charge is 0.417 e. The normalized spacial score (nSPS) is 11.4. The summed E-state index contributed by atoms with van der Waals surface area (Å²) in [5.74, 6) is -0.777. The van der Waals surface area contributed by atoms with Gasteiger partial charge in [0.05, 0.1) is 10.6 Å². The van der Waals surface area contributed by atoms with E-state index in [0.29, 0.717) is 5.69 Å². The number of aromatic nitrogens is 1. The Morgan fingerprint density at radius 2 is 1.86 bits per heavy atom. The van der Waals surface area contributed by atoms with Crippen LogP contribution in [-0.4, -0.2) is 16.8 Å². The highest BCUT2D eigenvalue weighted by molar-refractivity contribution is 6.31. The molecule has 0 saturated heterocycles. The van der Waals surface area contributed by atoms with Gasteiger partial charge in [-0.2, -0.15) is 13.2 Å². The van der Waals surface area contributed by atoms with Crippen LogP contribution in [0.15, 0.2) is 30.3 Å². The molecule has 1 aromatic heterocycles. The monoisotopic (exact) mass is 413 g/mol. The molecule has 0 aliphatic carbocycles. The number of alkyl halides is 3. The zero-order valence-electron chi connectivity index (χ0n) is 15.4. The van der Waals surface area contributed by atoms with E-state index in [4.69, 9.17) is 11.6 Å². The molecule has 0 spiro atoms. The first-order valence-corrected chi connectivity index (χ1v) is 8.78. The molecule has 150 valence electrons. The van der Waals surface area contributed by atoms with Crippen LogP contribution in [-0.2, 0) is 17.5 Å². The van der Waals surface area contributed by atoms with Crippen LogP contribution < -0.4 is 10.6 Å². The zero-order valence-corrected chi connectivity index (χ0v) is 16.2. The Morgan fingerprint density at radius 3 is 2.46 bits per heavy atom. The molecule has 5 nitrogen and oxygen atoms in total. The van der Waals surface area contributed by atoms with Crippen molar-refractivity contribution in [2.75, 3.05) is 5.32 Å². The van der Waals surface area contributed by atoms with Crippen LogP contribution in [0.5, 0.6) is 0 Å². The minimum Gasteiger partial charge on any atom is -0.348 e. The van der Waals surface area contributed by atoms with Gasteiger partial charge in [0.15, 0.2) is 0 Å². The lowest BCUT2D eigenvalue weighted by Gasteiger charge is -2.12. The molecule has 0 unspecified atom stereocenters. The molecule has 1 aromatic carbocycles. The van der Waals surface area contributed by atoms with E-state index in [-0.39, 0.29) is 35.3 Å². The molecular formula is C19H19ClF3N3O2.